The molecule has 2 aromatic carbocycles. The maximum Gasteiger partial charge on any atom is 0.295 e. The summed E-state index contributed by atoms with van der Waals surface area (Å²) in [5.41, 5.74) is 0.857. The number of carbonyl (C=O) groups excluding carboxylic acids is 2. The largest absolute Gasteiger partial charge is 0.508 e. The van der Waals surface area contributed by atoms with E-state index in [0.29, 0.717) is 11.1 Å². The van der Waals surface area contributed by atoms with Crippen LogP contribution in [0.4, 0.5) is 0 Å². The Hall–Kier alpha value is -3.16. The molecule has 1 atom stereocenters. The van der Waals surface area contributed by atoms with Crippen molar-refractivity contribution in [3.05, 3.63) is 71.3 Å². The van der Waals surface area contributed by atoms with Crippen LogP contribution in [0.1, 0.15) is 17.2 Å². The molecule has 0 saturated carbocycles. The van der Waals surface area contributed by atoms with Gasteiger partial charge in [-0.2, -0.15) is 0 Å². The number of rotatable bonds is 6. The lowest BCUT2D eigenvalue weighted by molar-refractivity contribution is -0.149. The number of Topliss-reactive ketones (excluding diaryl/α,β-unsaturated/α-hetero) is 1. The van der Waals surface area contributed by atoms with Gasteiger partial charge in [-0.3, -0.25) is 9.59 Å². The molecule has 2 aromatic rings. The molecule has 0 aromatic heterocycles. The molecule has 146 valence electrons. The Balaban J connectivity index is 2.16. The van der Waals surface area contributed by atoms with Gasteiger partial charge in [-0.15, -0.1) is 0 Å². The molecule has 0 unspecified atom stereocenters. The summed E-state index contributed by atoms with van der Waals surface area (Å²) in [6.45, 7) is -0.0243. The highest BCUT2D eigenvalue weighted by Crippen LogP contribution is 2.40. The zero-order valence-electron chi connectivity index (χ0n) is 15.5. The Labute approximate surface area is 162 Å². The van der Waals surface area contributed by atoms with Crippen LogP contribution in [-0.2, 0) is 19.1 Å². The maximum atomic E-state index is 12.8. The molecule has 0 aliphatic carbocycles. The van der Waals surface area contributed by atoms with E-state index in [1.165, 1.54) is 31.3 Å². The zero-order chi connectivity index (χ0) is 20.3. The number of methoxy groups -OCH3 is 2. The van der Waals surface area contributed by atoms with Gasteiger partial charge in [0.2, 0.25) is 0 Å². The van der Waals surface area contributed by atoms with Crippen molar-refractivity contribution in [2.45, 2.75) is 12.3 Å². The SMILES string of the molecule is COC(CN1C(=O)C(=O)C(=C(O)c2ccccc2)[C@@H]1c1cccc(O)c1)OC. The van der Waals surface area contributed by atoms with Crippen molar-refractivity contribution in [1.29, 1.82) is 0 Å². The number of phenolic OH excluding ortho intramolecular Hbond substituents is 1. The fourth-order valence-electron chi connectivity index (χ4n) is 3.27. The van der Waals surface area contributed by atoms with Crippen LogP contribution in [0, 0.1) is 0 Å². The second kappa shape index (κ2) is 8.24. The number of aromatic hydroxyl groups is 1. The highest BCUT2D eigenvalue weighted by atomic mass is 16.7. The van der Waals surface area contributed by atoms with E-state index >= 15 is 0 Å². The highest BCUT2D eigenvalue weighted by Gasteiger charge is 2.46. The van der Waals surface area contributed by atoms with E-state index in [9.17, 15) is 19.8 Å². The number of aliphatic hydroxyl groups excluding tert-OH is 1. The van der Waals surface area contributed by atoms with E-state index in [4.69, 9.17) is 9.47 Å². The first-order chi connectivity index (χ1) is 13.5. The monoisotopic (exact) mass is 383 g/mol. The van der Waals surface area contributed by atoms with E-state index < -0.39 is 24.0 Å². The molecular formula is C21H21NO6. The van der Waals surface area contributed by atoms with Gasteiger partial charge in [-0.1, -0.05) is 42.5 Å². The van der Waals surface area contributed by atoms with Gasteiger partial charge in [0.05, 0.1) is 18.2 Å². The van der Waals surface area contributed by atoms with Gasteiger partial charge in [0.15, 0.2) is 6.29 Å². The second-order valence-corrected chi connectivity index (χ2v) is 6.31. The van der Waals surface area contributed by atoms with Crippen molar-refractivity contribution in [3.63, 3.8) is 0 Å². The van der Waals surface area contributed by atoms with Crippen LogP contribution < -0.4 is 0 Å². The Morgan fingerprint density at radius 2 is 1.75 bits per heavy atom. The van der Waals surface area contributed by atoms with Gasteiger partial charge >= 0.3 is 0 Å². The summed E-state index contributed by atoms with van der Waals surface area (Å²) < 4.78 is 10.4. The molecule has 28 heavy (non-hydrogen) atoms. The summed E-state index contributed by atoms with van der Waals surface area (Å²) >= 11 is 0. The van der Waals surface area contributed by atoms with Crippen LogP contribution in [0.2, 0.25) is 0 Å². The maximum absolute atomic E-state index is 12.8. The predicted molar refractivity (Wildman–Crippen MR) is 101 cm³/mol. The average molecular weight is 383 g/mol. The van der Waals surface area contributed by atoms with Crippen LogP contribution in [-0.4, -0.2) is 53.9 Å². The van der Waals surface area contributed by atoms with Crippen molar-refractivity contribution < 1.29 is 29.3 Å². The number of benzene rings is 2. The molecule has 2 N–H and O–H groups in total. The van der Waals surface area contributed by atoms with Crippen LogP contribution >= 0.6 is 0 Å². The van der Waals surface area contributed by atoms with Crippen molar-refractivity contribution >= 4 is 17.4 Å². The van der Waals surface area contributed by atoms with Crippen LogP contribution in [0.5, 0.6) is 5.75 Å². The number of ether oxygens (including phenoxy) is 2. The summed E-state index contributed by atoms with van der Waals surface area (Å²) in [5.74, 6) is -1.87. The molecule has 0 spiro atoms. The Morgan fingerprint density at radius 3 is 2.36 bits per heavy atom. The van der Waals surface area contributed by atoms with Crippen LogP contribution in [0.25, 0.3) is 5.76 Å². The smallest absolute Gasteiger partial charge is 0.295 e. The number of carbonyl (C=O) groups is 2. The molecule has 1 amide bonds. The minimum absolute atomic E-state index is 0.0159. The number of hydrogen-bond acceptors (Lipinski definition) is 6. The molecule has 1 saturated heterocycles. The normalized spacial score (nSPS) is 18.8. The number of hydrogen-bond donors (Lipinski definition) is 2. The van der Waals surface area contributed by atoms with E-state index in [-0.39, 0.29) is 23.6 Å². The van der Waals surface area contributed by atoms with Gasteiger partial charge in [0, 0.05) is 19.8 Å². The molecule has 1 fully saturated rings. The highest BCUT2D eigenvalue weighted by molar-refractivity contribution is 6.46. The minimum Gasteiger partial charge on any atom is -0.508 e. The number of ketones is 1. The van der Waals surface area contributed by atoms with E-state index in [1.54, 1.807) is 42.5 Å². The number of aliphatic hydroxyl groups is 1. The summed E-state index contributed by atoms with van der Waals surface area (Å²) in [6.07, 6.45) is -0.755. The summed E-state index contributed by atoms with van der Waals surface area (Å²) in [4.78, 5) is 26.8. The summed E-state index contributed by atoms with van der Waals surface area (Å²) in [7, 11) is 2.86. The first kappa shape index (κ1) is 19.6. The van der Waals surface area contributed by atoms with Gasteiger partial charge in [-0.25, -0.2) is 0 Å². The fourth-order valence-corrected chi connectivity index (χ4v) is 3.27. The van der Waals surface area contributed by atoms with Gasteiger partial charge in [0.1, 0.15) is 11.5 Å². The minimum atomic E-state index is -0.889. The van der Waals surface area contributed by atoms with Crippen molar-refractivity contribution in [2.75, 3.05) is 20.8 Å². The molecule has 1 heterocycles. The molecule has 1 aliphatic heterocycles. The topological polar surface area (TPSA) is 96.3 Å². The standard InChI is InChI=1S/C21H21NO6/c1-27-16(28-2)12-22-18(14-9-6-10-15(23)11-14)17(20(25)21(22)26)19(24)13-7-4-3-5-8-13/h3-11,16,18,23-24H,12H2,1-2H3/t18-/m0/s1. The van der Waals surface area contributed by atoms with Crippen LogP contribution in [0.15, 0.2) is 60.2 Å². The molecule has 3 rings (SSSR count). The third-order valence-corrected chi connectivity index (χ3v) is 4.64. The zero-order valence-corrected chi connectivity index (χ0v) is 15.5. The Morgan fingerprint density at radius 1 is 1.07 bits per heavy atom. The van der Waals surface area contributed by atoms with E-state index in [2.05, 4.69) is 0 Å². The molecular weight excluding hydrogens is 362 g/mol. The third-order valence-electron chi connectivity index (χ3n) is 4.64. The van der Waals surface area contributed by atoms with E-state index in [1.807, 2.05) is 0 Å². The van der Waals surface area contributed by atoms with Gasteiger partial charge in [-0.05, 0) is 17.7 Å². The Bertz CT molecular complexity index is 904. The number of amides is 1. The number of phenols is 1. The second-order valence-electron chi connectivity index (χ2n) is 6.31. The molecule has 7 heteroatoms. The van der Waals surface area contributed by atoms with Gasteiger partial charge < -0.3 is 24.6 Å². The molecule has 1 aliphatic rings. The lowest BCUT2D eigenvalue weighted by atomic mass is 9.95. The Kier molecular flexibility index (Phi) is 5.77. The summed E-state index contributed by atoms with van der Waals surface area (Å²) in [6, 6.07) is 13.9. The summed E-state index contributed by atoms with van der Waals surface area (Å²) in [5, 5.41) is 20.7. The third kappa shape index (κ3) is 3.62. The van der Waals surface area contributed by atoms with Crippen molar-refractivity contribution in [1.82, 2.24) is 4.90 Å². The molecule has 0 bridgehead atoms. The molecule has 0 radical (unpaired) electrons. The number of likely N-dealkylation sites (tertiary alicyclic amines) is 1. The first-order valence-corrected chi connectivity index (χ1v) is 8.66. The van der Waals surface area contributed by atoms with Crippen molar-refractivity contribution in [3.8, 4) is 5.75 Å². The average Bonchev–Trinajstić information content (AvgIpc) is 2.96. The number of nitrogens with zero attached hydrogens (tertiary/aromatic N) is 1. The quantitative estimate of drug-likeness (QED) is 0.344. The van der Waals surface area contributed by atoms with Crippen molar-refractivity contribution in [2.24, 2.45) is 0 Å². The predicted octanol–water partition coefficient (Wildman–Crippen LogP) is 2.43. The van der Waals surface area contributed by atoms with E-state index in [0.717, 1.165) is 0 Å². The fraction of sp³-hybridized carbons (Fsp3) is 0.238. The lowest BCUT2D eigenvalue weighted by Gasteiger charge is -2.28. The first-order valence-electron chi connectivity index (χ1n) is 8.66. The lowest BCUT2D eigenvalue weighted by Crippen LogP contribution is -2.38. The molecule has 7 nitrogen and oxygen atoms in total. The van der Waals surface area contributed by atoms with Gasteiger partial charge in [0.25, 0.3) is 11.7 Å². The van der Waals surface area contributed by atoms with Crippen LogP contribution in [0.3, 0.4) is 0 Å².